The minimum absolute atomic E-state index is 0.0609. The van der Waals surface area contributed by atoms with Crippen LogP contribution in [0.1, 0.15) is 5.56 Å². The van der Waals surface area contributed by atoms with Gasteiger partial charge in [-0.1, -0.05) is 28.8 Å². The molecule has 0 aliphatic rings. The molecule has 0 unspecified atom stereocenters. The number of anilines is 1. The molecule has 2 heterocycles. The Kier molecular flexibility index (Phi) is 4.11. The lowest BCUT2D eigenvalue weighted by Crippen LogP contribution is -2.14. The summed E-state index contributed by atoms with van der Waals surface area (Å²) in [6.45, 7) is 0. The van der Waals surface area contributed by atoms with E-state index in [2.05, 4.69) is 20.5 Å². The molecule has 1 amide bonds. The molecule has 3 aromatic rings. The molecule has 0 bridgehead atoms. The molecule has 3 rings (SSSR count). The Labute approximate surface area is 131 Å². The van der Waals surface area contributed by atoms with Crippen molar-refractivity contribution in [2.24, 2.45) is 0 Å². The lowest BCUT2D eigenvalue weighted by molar-refractivity contribution is -0.115. The van der Waals surface area contributed by atoms with Crippen LogP contribution in [0.15, 0.2) is 53.2 Å². The molecule has 1 aromatic carbocycles. The van der Waals surface area contributed by atoms with E-state index in [9.17, 15) is 4.79 Å². The Balaban J connectivity index is 1.65. The van der Waals surface area contributed by atoms with Crippen LogP contribution in [0.3, 0.4) is 0 Å². The van der Waals surface area contributed by atoms with Crippen molar-refractivity contribution in [3.8, 4) is 11.5 Å². The maximum absolute atomic E-state index is 11.9. The number of hydrogen-bond donors (Lipinski definition) is 1. The number of carbonyl (C=O) groups excluding carboxylic acids is 1. The molecule has 22 heavy (non-hydrogen) atoms. The Morgan fingerprint density at radius 3 is 2.55 bits per heavy atom. The largest absolute Gasteiger partial charge is 0.403 e. The summed E-state index contributed by atoms with van der Waals surface area (Å²) in [7, 11) is 0. The Morgan fingerprint density at radius 2 is 1.82 bits per heavy atom. The van der Waals surface area contributed by atoms with E-state index in [1.54, 1.807) is 48.8 Å². The van der Waals surface area contributed by atoms with E-state index in [-0.39, 0.29) is 18.3 Å². The fourth-order valence-electron chi connectivity index (χ4n) is 1.84. The van der Waals surface area contributed by atoms with Gasteiger partial charge in [-0.3, -0.25) is 15.1 Å². The van der Waals surface area contributed by atoms with E-state index in [0.717, 1.165) is 11.1 Å². The van der Waals surface area contributed by atoms with E-state index >= 15 is 0 Å². The van der Waals surface area contributed by atoms with E-state index < -0.39 is 0 Å². The van der Waals surface area contributed by atoms with Crippen LogP contribution in [0.2, 0.25) is 5.02 Å². The van der Waals surface area contributed by atoms with Crippen LogP contribution in [0.4, 0.5) is 6.01 Å². The second-order valence-corrected chi connectivity index (χ2v) is 4.94. The van der Waals surface area contributed by atoms with E-state index in [1.165, 1.54) is 0 Å². The second-order valence-electron chi connectivity index (χ2n) is 4.50. The van der Waals surface area contributed by atoms with Gasteiger partial charge in [0.25, 0.3) is 0 Å². The predicted molar refractivity (Wildman–Crippen MR) is 81.3 cm³/mol. The first-order valence-electron chi connectivity index (χ1n) is 6.49. The second kappa shape index (κ2) is 6.36. The molecule has 110 valence electrons. The van der Waals surface area contributed by atoms with Crippen LogP contribution in [0.25, 0.3) is 11.5 Å². The first kappa shape index (κ1) is 14.2. The van der Waals surface area contributed by atoms with Crippen LogP contribution in [0, 0.1) is 0 Å². The Bertz CT molecular complexity index is 772. The summed E-state index contributed by atoms with van der Waals surface area (Å²) in [6, 6.07) is 10.6. The fourth-order valence-corrected chi connectivity index (χ4v) is 1.96. The molecule has 0 aliphatic heterocycles. The van der Waals surface area contributed by atoms with Gasteiger partial charge in [-0.15, -0.1) is 5.10 Å². The van der Waals surface area contributed by atoms with Crippen molar-refractivity contribution in [2.45, 2.75) is 6.42 Å². The summed E-state index contributed by atoms with van der Waals surface area (Å²) in [5.74, 6) is 0.0800. The average Bonchev–Trinajstić information content (AvgIpc) is 2.99. The van der Waals surface area contributed by atoms with Gasteiger partial charge in [0, 0.05) is 23.0 Å². The first-order valence-corrected chi connectivity index (χ1v) is 6.87. The van der Waals surface area contributed by atoms with Gasteiger partial charge in [-0.2, -0.15) is 0 Å². The van der Waals surface area contributed by atoms with Gasteiger partial charge in [-0.25, -0.2) is 0 Å². The number of aromatic nitrogens is 3. The minimum atomic E-state index is -0.243. The van der Waals surface area contributed by atoms with Crippen LogP contribution >= 0.6 is 11.6 Å². The molecule has 0 spiro atoms. The number of benzene rings is 1. The van der Waals surface area contributed by atoms with Crippen molar-refractivity contribution in [2.75, 3.05) is 5.32 Å². The summed E-state index contributed by atoms with van der Waals surface area (Å²) in [6.07, 6.45) is 3.45. The monoisotopic (exact) mass is 314 g/mol. The van der Waals surface area contributed by atoms with E-state index in [4.69, 9.17) is 16.0 Å². The molecule has 7 heteroatoms. The van der Waals surface area contributed by atoms with Crippen LogP contribution in [-0.4, -0.2) is 21.1 Å². The number of nitrogens with zero attached hydrogens (tertiary/aromatic N) is 3. The van der Waals surface area contributed by atoms with E-state index in [1.807, 2.05) is 0 Å². The third-order valence-electron chi connectivity index (χ3n) is 2.88. The van der Waals surface area contributed by atoms with Crippen molar-refractivity contribution in [3.63, 3.8) is 0 Å². The normalized spacial score (nSPS) is 10.4. The number of carbonyl (C=O) groups is 1. The summed E-state index contributed by atoms with van der Waals surface area (Å²) in [5.41, 5.74) is 1.58. The van der Waals surface area contributed by atoms with Gasteiger partial charge in [0.1, 0.15) is 0 Å². The Hall–Kier alpha value is -2.73. The van der Waals surface area contributed by atoms with Gasteiger partial charge in [0.2, 0.25) is 11.8 Å². The van der Waals surface area contributed by atoms with Gasteiger partial charge in [0.05, 0.1) is 6.42 Å². The third kappa shape index (κ3) is 3.48. The zero-order valence-electron chi connectivity index (χ0n) is 11.4. The molecule has 0 aliphatic carbocycles. The number of pyridine rings is 1. The predicted octanol–water partition coefficient (Wildman–Crippen LogP) is 2.97. The standard InChI is InChI=1S/C15H11ClN4O2/c16-12-3-1-10(2-4-12)9-13(21)18-15-20-19-14(22-15)11-5-7-17-8-6-11/h1-8H,9H2,(H,18,20,21). The molecule has 0 saturated carbocycles. The van der Waals surface area contributed by atoms with Crippen LogP contribution in [0.5, 0.6) is 0 Å². The molecule has 0 fully saturated rings. The lowest BCUT2D eigenvalue weighted by Gasteiger charge is -2.01. The maximum Gasteiger partial charge on any atom is 0.322 e. The molecular formula is C15H11ClN4O2. The van der Waals surface area contributed by atoms with Gasteiger partial charge >= 0.3 is 6.01 Å². The lowest BCUT2D eigenvalue weighted by atomic mass is 10.1. The maximum atomic E-state index is 11.9. The molecule has 6 nitrogen and oxygen atoms in total. The van der Waals surface area contributed by atoms with Crippen molar-refractivity contribution >= 4 is 23.5 Å². The van der Waals surface area contributed by atoms with Crippen LogP contribution in [-0.2, 0) is 11.2 Å². The highest BCUT2D eigenvalue weighted by Gasteiger charge is 2.11. The average molecular weight is 315 g/mol. The highest BCUT2D eigenvalue weighted by molar-refractivity contribution is 6.30. The molecule has 1 N–H and O–H groups in total. The first-order chi connectivity index (χ1) is 10.7. The molecule has 0 atom stereocenters. The summed E-state index contributed by atoms with van der Waals surface area (Å²) < 4.78 is 5.39. The number of rotatable bonds is 4. The zero-order chi connectivity index (χ0) is 15.4. The zero-order valence-corrected chi connectivity index (χ0v) is 12.1. The van der Waals surface area contributed by atoms with Gasteiger partial charge in [0.15, 0.2) is 0 Å². The van der Waals surface area contributed by atoms with Crippen molar-refractivity contribution < 1.29 is 9.21 Å². The summed E-state index contributed by atoms with van der Waals surface area (Å²) in [5, 5.41) is 10.9. The van der Waals surface area contributed by atoms with Gasteiger partial charge < -0.3 is 4.42 Å². The molecule has 0 radical (unpaired) electrons. The highest BCUT2D eigenvalue weighted by Crippen LogP contribution is 2.18. The topological polar surface area (TPSA) is 80.9 Å². The van der Waals surface area contributed by atoms with Crippen molar-refractivity contribution in [1.29, 1.82) is 0 Å². The Morgan fingerprint density at radius 1 is 1.09 bits per heavy atom. The quantitative estimate of drug-likeness (QED) is 0.800. The summed E-state index contributed by atoms with van der Waals surface area (Å²) in [4.78, 5) is 15.8. The van der Waals surface area contributed by atoms with Crippen molar-refractivity contribution in [3.05, 3.63) is 59.4 Å². The molecular weight excluding hydrogens is 304 g/mol. The smallest absolute Gasteiger partial charge is 0.322 e. The number of hydrogen-bond acceptors (Lipinski definition) is 5. The summed E-state index contributed by atoms with van der Waals surface area (Å²) >= 11 is 5.80. The van der Waals surface area contributed by atoms with Gasteiger partial charge in [-0.05, 0) is 29.8 Å². The van der Waals surface area contributed by atoms with Crippen LogP contribution < -0.4 is 5.32 Å². The molecule has 2 aromatic heterocycles. The SMILES string of the molecule is O=C(Cc1ccc(Cl)cc1)Nc1nnc(-c2ccncc2)o1. The minimum Gasteiger partial charge on any atom is -0.403 e. The van der Waals surface area contributed by atoms with E-state index in [0.29, 0.717) is 10.9 Å². The fraction of sp³-hybridized carbons (Fsp3) is 0.0667. The third-order valence-corrected chi connectivity index (χ3v) is 3.13. The number of halogens is 1. The molecule has 0 saturated heterocycles. The number of amides is 1. The highest BCUT2D eigenvalue weighted by atomic mass is 35.5. The number of nitrogens with one attached hydrogen (secondary N) is 1. The van der Waals surface area contributed by atoms with Crippen molar-refractivity contribution in [1.82, 2.24) is 15.2 Å².